The number of carbonyl (C=O) groups is 1. The first-order valence-corrected chi connectivity index (χ1v) is 6.06. The van der Waals surface area contributed by atoms with Crippen LogP contribution in [0.4, 0.5) is 5.69 Å². The zero-order valence-corrected chi connectivity index (χ0v) is 10.5. The monoisotopic (exact) mass is 258 g/mol. The lowest BCUT2D eigenvalue weighted by Gasteiger charge is -2.06. The van der Waals surface area contributed by atoms with Crippen molar-refractivity contribution < 1.29 is 9.53 Å². The predicted octanol–water partition coefficient (Wildman–Crippen LogP) is 2.88. The summed E-state index contributed by atoms with van der Waals surface area (Å²) in [5.41, 5.74) is 0.932. The Labute approximate surface area is 108 Å². The Morgan fingerprint density at radius 2 is 2.17 bits per heavy atom. The van der Waals surface area contributed by atoms with Crippen LogP contribution in [-0.4, -0.2) is 13.0 Å². The number of nitrogens with one attached hydrogen (secondary N) is 1. The van der Waals surface area contributed by atoms with Crippen molar-refractivity contribution in [2.24, 2.45) is 0 Å². The fraction of sp³-hybridized carbons (Fsp3) is 0.0769. The molecule has 1 aromatic carbocycles. The van der Waals surface area contributed by atoms with E-state index in [2.05, 4.69) is 5.32 Å². The molecule has 0 aliphatic rings. The molecule has 18 heavy (non-hydrogen) atoms. The van der Waals surface area contributed by atoms with Gasteiger partial charge in [0.2, 0.25) is 0 Å². The van der Waals surface area contributed by atoms with Crippen LogP contribution in [0.1, 0.15) is 15.2 Å². The SMILES string of the molecule is COc1ccsc1C(=O)Nc1ccccc1C#N. The summed E-state index contributed by atoms with van der Waals surface area (Å²) in [4.78, 5) is 12.5. The molecule has 2 aromatic rings. The minimum Gasteiger partial charge on any atom is -0.495 e. The lowest BCUT2D eigenvalue weighted by Crippen LogP contribution is -2.12. The summed E-state index contributed by atoms with van der Waals surface area (Å²) in [6.07, 6.45) is 0. The molecule has 1 N–H and O–H groups in total. The average molecular weight is 258 g/mol. The summed E-state index contributed by atoms with van der Waals surface area (Å²) in [6.45, 7) is 0. The normalized spacial score (nSPS) is 9.56. The van der Waals surface area contributed by atoms with Crippen molar-refractivity contribution in [2.75, 3.05) is 12.4 Å². The Kier molecular flexibility index (Phi) is 3.60. The van der Waals surface area contributed by atoms with Gasteiger partial charge in [-0.15, -0.1) is 11.3 Å². The largest absolute Gasteiger partial charge is 0.495 e. The molecular formula is C13H10N2O2S. The number of hydrogen-bond donors (Lipinski definition) is 1. The smallest absolute Gasteiger partial charge is 0.269 e. The number of amides is 1. The van der Waals surface area contributed by atoms with Crippen molar-refractivity contribution in [1.82, 2.24) is 0 Å². The number of rotatable bonds is 3. The van der Waals surface area contributed by atoms with Crippen LogP contribution in [0.5, 0.6) is 5.75 Å². The van der Waals surface area contributed by atoms with E-state index in [4.69, 9.17) is 10.00 Å². The van der Waals surface area contributed by atoms with Crippen LogP contribution in [0.15, 0.2) is 35.7 Å². The molecule has 0 saturated heterocycles. The highest BCUT2D eigenvalue weighted by atomic mass is 32.1. The number of methoxy groups -OCH3 is 1. The molecule has 0 radical (unpaired) electrons. The van der Waals surface area contributed by atoms with Crippen LogP contribution in [0.2, 0.25) is 0 Å². The first-order chi connectivity index (χ1) is 8.76. The molecule has 0 saturated carbocycles. The van der Waals surface area contributed by atoms with E-state index in [0.717, 1.165) is 0 Å². The molecule has 1 heterocycles. The minimum atomic E-state index is -0.274. The van der Waals surface area contributed by atoms with E-state index in [1.54, 1.807) is 35.7 Å². The summed E-state index contributed by atoms with van der Waals surface area (Å²) in [6, 6.07) is 10.6. The molecule has 0 atom stereocenters. The van der Waals surface area contributed by atoms with Gasteiger partial charge < -0.3 is 10.1 Å². The second-order valence-corrected chi connectivity index (χ2v) is 4.35. The molecule has 0 aliphatic carbocycles. The third-order valence-corrected chi connectivity index (χ3v) is 3.25. The second-order valence-electron chi connectivity index (χ2n) is 3.43. The van der Waals surface area contributed by atoms with Crippen LogP contribution >= 0.6 is 11.3 Å². The number of thiophene rings is 1. The molecule has 5 heteroatoms. The van der Waals surface area contributed by atoms with Crippen molar-refractivity contribution in [3.8, 4) is 11.8 Å². The molecular weight excluding hydrogens is 248 g/mol. The first-order valence-electron chi connectivity index (χ1n) is 5.18. The minimum absolute atomic E-state index is 0.274. The summed E-state index contributed by atoms with van der Waals surface area (Å²) >= 11 is 1.29. The highest BCUT2D eigenvalue weighted by molar-refractivity contribution is 7.12. The second kappa shape index (κ2) is 5.34. The van der Waals surface area contributed by atoms with Gasteiger partial charge in [0, 0.05) is 0 Å². The Morgan fingerprint density at radius 1 is 1.39 bits per heavy atom. The summed E-state index contributed by atoms with van der Waals surface area (Å²) in [7, 11) is 1.52. The molecule has 1 aromatic heterocycles. The quantitative estimate of drug-likeness (QED) is 0.920. The Morgan fingerprint density at radius 3 is 2.89 bits per heavy atom. The Balaban J connectivity index is 2.25. The third kappa shape index (κ3) is 2.34. The summed E-state index contributed by atoms with van der Waals surface area (Å²) in [5, 5.41) is 13.4. The summed E-state index contributed by atoms with van der Waals surface area (Å²) < 4.78 is 5.09. The standard InChI is InChI=1S/C13H10N2O2S/c1-17-11-6-7-18-12(11)13(16)15-10-5-3-2-4-9(10)8-14/h2-7H,1H3,(H,15,16). The highest BCUT2D eigenvalue weighted by Gasteiger charge is 2.15. The number of carbonyl (C=O) groups excluding carboxylic acids is 1. The van der Waals surface area contributed by atoms with Crippen LogP contribution in [0.25, 0.3) is 0 Å². The topological polar surface area (TPSA) is 62.1 Å². The molecule has 1 amide bonds. The van der Waals surface area contributed by atoms with Gasteiger partial charge in [-0.3, -0.25) is 4.79 Å². The van der Waals surface area contributed by atoms with Gasteiger partial charge in [0.1, 0.15) is 16.7 Å². The third-order valence-electron chi connectivity index (χ3n) is 2.35. The average Bonchev–Trinajstić information content (AvgIpc) is 2.87. The van der Waals surface area contributed by atoms with Gasteiger partial charge in [-0.2, -0.15) is 5.26 Å². The number of ether oxygens (including phenoxy) is 1. The molecule has 2 rings (SSSR count). The maximum atomic E-state index is 12.0. The molecule has 0 spiro atoms. The zero-order chi connectivity index (χ0) is 13.0. The number of hydrogen-bond acceptors (Lipinski definition) is 4. The molecule has 0 fully saturated rings. The van der Waals surface area contributed by atoms with Crippen molar-refractivity contribution in [3.63, 3.8) is 0 Å². The van der Waals surface area contributed by atoms with Crippen LogP contribution in [0.3, 0.4) is 0 Å². The Hall–Kier alpha value is -2.32. The van der Waals surface area contributed by atoms with E-state index in [-0.39, 0.29) is 5.91 Å². The zero-order valence-electron chi connectivity index (χ0n) is 9.64. The predicted molar refractivity (Wildman–Crippen MR) is 70.0 cm³/mol. The highest BCUT2D eigenvalue weighted by Crippen LogP contribution is 2.26. The number of nitrogens with zero attached hydrogens (tertiary/aromatic N) is 1. The van der Waals surface area contributed by atoms with Gasteiger partial charge in [0.05, 0.1) is 18.4 Å². The van der Waals surface area contributed by atoms with E-state index < -0.39 is 0 Å². The lowest BCUT2D eigenvalue weighted by atomic mass is 10.2. The number of para-hydroxylation sites is 1. The summed E-state index contributed by atoms with van der Waals surface area (Å²) in [5.74, 6) is 0.261. The van der Waals surface area contributed by atoms with Crippen molar-refractivity contribution in [1.29, 1.82) is 5.26 Å². The van der Waals surface area contributed by atoms with Crippen molar-refractivity contribution >= 4 is 22.9 Å². The first kappa shape index (κ1) is 12.1. The molecule has 4 nitrogen and oxygen atoms in total. The van der Waals surface area contributed by atoms with Crippen molar-refractivity contribution in [2.45, 2.75) is 0 Å². The number of anilines is 1. The van der Waals surface area contributed by atoms with Gasteiger partial charge >= 0.3 is 0 Å². The number of nitriles is 1. The van der Waals surface area contributed by atoms with Crippen molar-refractivity contribution in [3.05, 3.63) is 46.2 Å². The van der Waals surface area contributed by atoms with Gasteiger partial charge in [-0.1, -0.05) is 12.1 Å². The van der Waals surface area contributed by atoms with E-state index in [1.165, 1.54) is 18.4 Å². The Bertz CT molecular complexity index is 613. The fourth-order valence-corrected chi connectivity index (χ4v) is 2.25. The fourth-order valence-electron chi connectivity index (χ4n) is 1.49. The van der Waals surface area contributed by atoms with Gasteiger partial charge in [-0.25, -0.2) is 0 Å². The van der Waals surface area contributed by atoms with Gasteiger partial charge in [0.25, 0.3) is 5.91 Å². The molecule has 90 valence electrons. The van der Waals surface area contributed by atoms with E-state index in [1.807, 2.05) is 6.07 Å². The molecule has 0 aliphatic heterocycles. The van der Waals surface area contributed by atoms with E-state index in [0.29, 0.717) is 21.9 Å². The van der Waals surface area contributed by atoms with E-state index in [9.17, 15) is 4.79 Å². The number of benzene rings is 1. The molecule has 0 unspecified atom stereocenters. The lowest BCUT2D eigenvalue weighted by molar-refractivity contribution is 0.102. The van der Waals surface area contributed by atoms with Crippen LogP contribution < -0.4 is 10.1 Å². The maximum absolute atomic E-state index is 12.0. The van der Waals surface area contributed by atoms with E-state index >= 15 is 0 Å². The van der Waals surface area contributed by atoms with Crippen LogP contribution in [-0.2, 0) is 0 Å². The van der Waals surface area contributed by atoms with Gasteiger partial charge in [-0.05, 0) is 23.6 Å². The van der Waals surface area contributed by atoms with Crippen LogP contribution in [0, 0.1) is 11.3 Å². The molecule has 0 bridgehead atoms. The maximum Gasteiger partial charge on any atom is 0.269 e. The van der Waals surface area contributed by atoms with Gasteiger partial charge in [0.15, 0.2) is 0 Å².